The summed E-state index contributed by atoms with van der Waals surface area (Å²) in [5.41, 5.74) is 0.246. The molecule has 0 aliphatic carbocycles. The average molecular weight is 248 g/mol. The van der Waals surface area contributed by atoms with Crippen molar-refractivity contribution < 1.29 is 13.9 Å². The first kappa shape index (κ1) is 12.2. The van der Waals surface area contributed by atoms with Gasteiger partial charge in [0.15, 0.2) is 0 Å². The highest BCUT2D eigenvalue weighted by Gasteiger charge is 2.12. The lowest BCUT2D eigenvalue weighted by atomic mass is 10.0. The monoisotopic (exact) mass is 248 g/mol. The van der Waals surface area contributed by atoms with Gasteiger partial charge in [0, 0.05) is 18.1 Å². The summed E-state index contributed by atoms with van der Waals surface area (Å²) in [7, 11) is 0. The van der Waals surface area contributed by atoms with Gasteiger partial charge in [-0.1, -0.05) is 0 Å². The quantitative estimate of drug-likeness (QED) is 0.871. The summed E-state index contributed by atoms with van der Waals surface area (Å²) in [6.07, 6.45) is 0.330. The average Bonchev–Trinajstić information content (AvgIpc) is 2.25. The van der Waals surface area contributed by atoms with Crippen LogP contribution in [0.4, 0.5) is 0 Å². The first-order valence-corrected chi connectivity index (χ1v) is 5.39. The second-order valence-corrected chi connectivity index (χ2v) is 4.00. The van der Waals surface area contributed by atoms with E-state index in [2.05, 4.69) is 0 Å². The zero-order valence-electron chi connectivity index (χ0n) is 10.0. The lowest BCUT2D eigenvalue weighted by Gasteiger charge is -2.07. The minimum absolute atomic E-state index is 0.116. The Morgan fingerprint density at radius 2 is 1.72 bits per heavy atom. The van der Waals surface area contributed by atoms with Gasteiger partial charge < -0.3 is 13.9 Å². The molecular weight excluding hydrogens is 236 g/mol. The molecule has 94 valence electrons. The van der Waals surface area contributed by atoms with Crippen LogP contribution in [-0.4, -0.2) is 5.11 Å². The predicted octanol–water partition coefficient (Wildman–Crippen LogP) is 1.51. The Labute approximate surface area is 102 Å². The van der Waals surface area contributed by atoms with Gasteiger partial charge >= 0.3 is 11.3 Å². The predicted molar refractivity (Wildman–Crippen MR) is 63.9 cm³/mol. The number of hydrogen-bond donors (Lipinski definition) is 1. The van der Waals surface area contributed by atoms with Gasteiger partial charge in [0.05, 0.1) is 6.07 Å². The van der Waals surface area contributed by atoms with Crippen molar-refractivity contribution in [2.75, 3.05) is 0 Å². The molecule has 0 amide bonds. The fourth-order valence-corrected chi connectivity index (χ4v) is 1.75. The van der Waals surface area contributed by atoms with Gasteiger partial charge in [0.25, 0.3) is 0 Å². The van der Waals surface area contributed by atoms with Crippen molar-refractivity contribution in [2.45, 2.75) is 20.3 Å². The van der Waals surface area contributed by atoms with E-state index in [1.807, 2.05) is 0 Å². The van der Waals surface area contributed by atoms with E-state index in [0.717, 1.165) is 11.6 Å². The molecule has 0 saturated heterocycles. The molecule has 0 bridgehead atoms. The lowest BCUT2D eigenvalue weighted by Crippen LogP contribution is -2.05. The summed E-state index contributed by atoms with van der Waals surface area (Å²) in [6, 6.07) is 3.97. The Morgan fingerprint density at radius 1 is 1.06 bits per heavy atom. The molecule has 0 radical (unpaired) electrons. The highest BCUT2D eigenvalue weighted by Crippen LogP contribution is 2.22. The van der Waals surface area contributed by atoms with Gasteiger partial charge in [-0.3, -0.25) is 0 Å². The van der Waals surface area contributed by atoms with Gasteiger partial charge in [-0.2, -0.15) is 0 Å². The van der Waals surface area contributed by atoms with Crippen LogP contribution in [-0.2, 0) is 6.42 Å². The summed E-state index contributed by atoms with van der Waals surface area (Å²) in [6.45, 7) is 3.27. The molecule has 5 nitrogen and oxygen atoms in total. The lowest BCUT2D eigenvalue weighted by molar-refractivity contribution is 0.423. The molecule has 2 aromatic heterocycles. The van der Waals surface area contributed by atoms with Gasteiger partial charge in [-0.05, 0) is 25.5 Å². The van der Waals surface area contributed by atoms with Crippen molar-refractivity contribution in [3.63, 3.8) is 0 Å². The molecule has 1 N–H and O–H groups in total. The van der Waals surface area contributed by atoms with E-state index in [0.29, 0.717) is 23.5 Å². The first-order valence-electron chi connectivity index (χ1n) is 5.39. The highest BCUT2D eigenvalue weighted by atomic mass is 16.4. The molecule has 2 rings (SSSR count). The Bertz CT molecular complexity index is 667. The van der Waals surface area contributed by atoms with Gasteiger partial charge in [-0.15, -0.1) is 0 Å². The van der Waals surface area contributed by atoms with E-state index in [9.17, 15) is 14.7 Å². The molecule has 0 saturated carbocycles. The summed E-state index contributed by atoms with van der Waals surface area (Å²) in [5.74, 6) is 0.715. The van der Waals surface area contributed by atoms with Crippen LogP contribution in [0.5, 0.6) is 5.75 Å². The zero-order chi connectivity index (χ0) is 13.3. The molecule has 0 unspecified atom stereocenters. The van der Waals surface area contributed by atoms with Crippen LogP contribution in [0, 0.1) is 13.8 Å². The van der Waals surface area contributed by atoms with Gasteiger partial charge in [0.1, 0.15) is 17.3 Å². The van der Waals surface area contributed by atoms with E-state index in [1.54, 1.807) is 19.9 Å². The third kappa shape index (κ3) is 2.34. The van der Waals surface area contributed by atoms with Crippen molar-refractivity contribution in [3.05, 3.63) is 61.7 Å². The maximum atomic E-state index is 11.0. The molecule has 0 aliphatic rings. The van der Waals surface area contributed by atoms with Crippen LogP contribution in [0.2, 0.25) is 0 Å². The minimum atomic E-state index is -0.593. The normalized spacial score (nSPS) is 10.6. The summed E-state index contributed by atoms with van der Waals surface area (Å²) in [4.78, 5) is 22.0. The fraction of sp³-hybridized carbons (Fsp3) is 0.231. The van der Waals surface area contributed by atoms with E-state index in [1.165, 1.54) is 6.07 Å². The van der Waals surface area contributed by atoms with Crippen LogP contribution >= 0.6 is 0 Å². The molecular formula is C13H12O5. The van der Waals surface area contributed by atoms with Crippen molar-refractivity contribution >= 4 is 0 Å². The largest absolute Gasteiger partial charge is 0.507 e. The Morgan fingerprint density at radius 3 is 2.33 bits per heavy atom. The number of hydrogen-bond acceptors (Lipinski definition) is 5. The Balaban J connectivity index is 2.46. The molecule has 2 aromatic rings. The van der Waals surface area contributed by atoms with Crippen LogP contribution in [0.3, 0.4) is 0 Å². The zero-order valence-corrected chi connectivity index (χ0v) is 10.0. The number of aromatic hydroxyl groups is 1. The van der Waals surface area contributed by atoms with Crippen molar-refractivity contribution in [1.29, 1.82) is 0 Å². The molecule has 5 heteroatoms. The second-order valence-electron chi connectivity index (χ2n) is 4.00. The third-order valence-electron chi connectivity index (χ3n) is 2.74. The fourth-order valence-electron chi connectivity index (χ4n) is 1.75. The Hall–Kier alpha value is -2.30. The van der Waals surface area contributed by atoms with Gasteiger partial charge in [-0.25, -0.2) is 9.59 Å². The highest BCUT2D eigenvalue weighted by molar-refractivity contribution is 5.37. The molecule has 0 fully saturated rings. The third-order valence-corrected chi connectivity index (χ3v) is 2.74. The number of aryl methyl sites for hydroxylation is 2. The van der Waals surface area contributed by atoms with E-state index < -0.39 is 11.3 Å². The SMILES string of the molecule is Cc1oc(=O)ccc1Cc1c(O)cc(=O)oc1C. The standard InChI is InChI=1S/C13H12O5/c1-7-9(3-4-12(15)17-7)5-10-8(2)18-13(16)6-11(10)14/h3-4,6,14H,5H2,1-2H3. The summed E-state index contributed by atoms with van der Waals surface area (Å²) in [5, 5.41) is 9.73. The van der Waals surface area contributed by atoms with Crippen molar-refractivity contribution in [1.82, 2.24) is 0 Å². The van der Waals surface area contributed by atoms with E-state index in [-0.39, 0.29) is 5.75 Å². The van der Waals surface area contributed by atoms with E-state index in [4.69, 9.17) is 8.83 Å². The molecule has 0 aromatic carbocycles. The van der Waals surface area contributed by atoms with Crippen LogP contribution in [0.15, 0.2) is 36.6 Å². The van der Waals surface area contributed by atoms with Gasteiger partial charge in [0.2, 0.25) is 0 Å². The van der Waals surface area contributed by atoms with E-state index >= 15 is 0 Å². The molecule has 18 heavy (non-hydrogen) atoms. The summed E-state index contributed by atoms with van der Waals surface area (Å²) < 4.78 is 9.87. The molecule has 0 atom stereocenters. The maximum absolute atomic E-state index is 11.0. The molecule has 2 heterocycles. The second kappa shape index (κ2) is 4.52. The summed E-state index contributed by atoms with van der Waals surface area (Å²) >= 11 is 0. The molecule has 0 aliphatic heterocycles. The first-order chi connectivity index (χ1) is 8.47. The minimum Gasteiger partial charge on any atom is -0.507 e. The van der Waals surface area contributed by atoms with Crippen molar-refractivity contribution in [3.8, 4) is 5.75 Å². The Kier molecular flexibility index (Phi) is 3.06. The molecule has 0 spiro atoms. The maximum Gasteiger partial charge on any atom is 0.339 e. The smallest absolute Gasteiger partial charge is 0.339 e. The van der Waals surface area contributed by atoms with Crippen LogP contribution in [0.25, 0.3) is 0 Å². The van der Waals surface area contributed by atoms with Crippen molar-refractivity contribution in [2.24, 2.45) is 0 Å². The van der Waals surface area contributed by atoms with Crippen LogP contribution in [0.1, 0.15) is 22.6 Å². The topological polar surface area (TPSA) is 80.6 Å². The number of rotatable bonds is 2. The van der Waals surface area contributed by atoms with Crippen LogP contribution < -0.4 is 11.3 Å².